The number of fused-ring (bicyclic) bond motifs is 1. The Labute approximate surface area is 317 Å². The highest BCUT2D eigenvalue weighted by Crippen LogP contribution is 2.53. The van der Waals surface area contributed by atoms with Gasteiger partial charge < -0.3 is 26.2 Å². The van der Waals surface area contributed by atoms with Gasteiger partial charge in [0.1, 0.15) is 12.1 Å². The van der Waals surface area contributed by atoms with Crippen LogP contribution in [0.4, 0.5) is 4.79 Å². The number of nitrogens with zero attached hydrogens (tertiary/aromatic N) is 1. The van der Waals surface area contributed by atoms with E-state index in [1.54, 1.807) is 25.7 Å². The maximum Gasteiger partial charge on any atom is 0.315 e. The largest absolute Gasteiger partial charge is 0.346 e. The number of rotatable bonds is 14. The molecule has 1 aliphatic heterocycles. The maximum absolute atomic E-state index is 14.9. The molecule has 13 heteroatoms. The molecular weight excluding hydrogens is 695 g/mol. The number of carbonyl (C=O) groups excluding carboxylic acids is 5. The number of ketones is 1. The standard InChI is InChI=1S/C40H63N5O7S/c1-8-10-19-30(33(46)35(48)41-24-9-2)42-34(47)32-28-20-23-39(6,7)29(28)25-45(32)36(49)31(27-17-13-11-14-18-27)43-37(50)44-40(21-15-12-16-22-40)26-53(51,52)38(3,4)5/h1,9,27-32H,2,10-26H2,3-7H3,(H,41,48)(H,42,47)(H2,43,44,50)/t28-,29-,30?,31-,32-/m0/s1. The molecule has 0 bridgehead atoms. The lowest BCUT2D eigenvalue weighted by Gasteiger charge is -2.41. The summed E-state index contributed by atoms with van der Waals surface area (Å²) in [6.45, 7) is 13.2. The second-order valence-electron chi connectivity index (χ2n) is 17.6. The molecule has 53 heavy (non-hydrogen) atoms. The molecule has 1 heterocycles. The number of terminal acetylenes is 1. The van der Waals surface area contributed by atoms with E-state index in [0.29, 0.717) is 25.8 Å². The Kier molecular flexibility index (Phi) is 13.9. The Balaban J connectivity index is 1.63. The average molecular weight is 758 g/mol. The Morgan fingerprint density at radius 3 is 2.21 bits per heavy atom. The molecule has 296 valence electrons. The van der Waals surface area contributed by atoms with E-state index < -0.39 is 61.9 Å². The van der Waals surface area contributed by atoms with Crippen LogP contribution >= 0.6 is 0 Å². The minimum atomic E-state index is -3.58. The summed E-state index contributed by atoms with van der Waals surface area (Å²) in [6, 6.07) is -3.60. The molecule has 0 aromatic carbocycles. The minimum Gasteiger partial charge on any atom is -0.346 e. The molecule has 3 saturated carbocycles. The quantitative estimate of drug-likeness (QED) is 0.117. The highest BCUT2D eigenvalue weighted by Gasteiger charge is 2.57. The molecule has 5 amide bonds. The van der Waals surface area contributed by atoms with Crippen LogP contribution in [0.1, 0.15) is 125 Å². The fourth-order valence-electron chi connectivity index (χ4n) is 9.11. The van der Waals surface area contributed by atoms with E-state index in [1.165, 1.54) is 6.08 Å². The fraction of sp³-hybridized carbons (Fsp3) is 0.775. The monoisotopic (exact) mass is 757 g/mol. The van der Waals surface area contributed by atoms with Crippen LogP contribution in [-0.2, 0) is 29.0 Å². The molecular formula is C40H63N5O7S. The molecule has 4 fully saturated rings. The van der Waals surface area contributed by atoms with Gasteiger partial charge in [0.15, 0.2) is 9.84 Å². The molecule has 0 aromatic rings. The van der Waals surface area contributed by atoms with Crippen LogP contribution in [-0.4, -0.2) is 90.1 Å². The van der Waals surface area contributed by atoms with Crippen molar-refractivity contribution in [2.24, 2.45) is 23.2 Å². The number of sulfone groups is 1. The molecule has 4 N–H and O–H groups in total. The van der Waals surface area contributed by atoms with E-state index in [-0.39, 0.29) is 54.2 Å². The van der Waals surface area contributed by atoms with E-state index in [0.717, 1.165) is 57.8 Å². The molecule has 0 spiro atoms. The van der Waals surface area contributed by atoms with Crippen LogP contribution in [0.5, 0.6) is 0 Å². The molecule has 0 aromatic heterocycles. The Bertz CT molecular complexity index is 1530. The first-order chi connectivity index (χ1) is 24.9. The van der Waals surface area contributed by atoms with Crippen molar-refractivity contribution in [3.8, 4) is 12.3 Å². The van der Waals surface area contributed by atoms with Crippen LogP contribution in [0.2, 0.25) is 0 Å². The number of likely N-dealkylation sites (tertiary alicyclic amines) is 1. The Morgan fingerprint density at radius 2 is 1.60 bits per heavy atom. The van der Waals surface area contributed by atoms with Gasteiger partial charge in [0.05, 0.1) is 22.1 Å². The number of carbonyl (C=O) groups is 5. The predicted molar refractivity (Wildman–Crippen MR) is 205 cm³/mol. The lowest BCUT2D eigenvalue weighted by atomic mass is 9.79. The lowest BCUT2D eigenvalue weighted by Crippen LogP contribution is -2.63. The number of urea groups is 1. The zero-order chi connectivity index (χ0) is 39.2. The predicted octanol–water partition coefficient (Wildman–Crippen LogP) is 4.18. The molecule has 0 radical (unpaired) electrons. The van der Waals surface area contributed by atoms with Crippen molar-refractivity contribution >= 4 is 39.4 Å². The van der Waals surface area contributed by atoms with Gasteiger partial charge in [0.2, 0.25) is 17.6 Å². The van der Waals surface area contributed by atoms with Gasteiger partial charge in [-0.05, 0) is 88.9 Å². The summed E-state index contributed by atoms with van der Waals surface area (Å²) in [5, 5.41) is 11.4. The summed E-state index contributed by atoms with van der Waals surface area (Å²) in [6.07, 6.45) is 16.6. The highest BCUT2D eigenvalue weighted by molar-refractivity contribution is 7.92. The van der Waals surface area contributed by atoms with Gasteiger partial charge >= 0.3 is 6.03 Å². The molecule has 12 nitrogen and oxygen atoms in total. The van der Waals surface area contributed by atoms with E-state index in [9.17, 15) is 32.4 Å². The molecule has 1 saturated heterocycles. The highest BCUT2D eigenvalue weighted by atomic mass is 32.2. The molecule has 4 aliphatic rings. The lowest BCUT2D eigenvalue weighted by molar-refractivity contribution is -0.144. The SMILES string of the molecule is C#CCCC(NC(=O)[C@@H]1[C@H]2CCC(C)(C)[C@H]2CN1C(=O)[C@@H](NC(=O)NC1(CS(=O)(=O)C(C)(C)C)CCCCC1)C1CCCCC1)C(=O)C(=O)NCC=C. The van der Waals surface area contributed by atoms with Gasteiger partial charge in [0.25, 0.3) is 5.91 Å². The van der Waals surface area contributed by atoms with E-state index >= 15 is 0 Å². The first kappa shape index (κ1) is 42.3. The van der Waals surface area contributed by atoms with Crippen LogP contribution < -0.4 is 21.3 Å². The van der Waals surface area contributed by atoms with E-state index in [4.69, 9.17) is 6.42 Å². The smallest absolute Gasteiger partial charge is 0.315 e. The Morgan fingerprint density at radius 1 is 0.962 bits per heavy atom. The van der Waals surface area contributed by atoms with Crippen molar-refractivity contribution in [1.82, 2.24) is 26.2 Å². The number of Topliss-reactive ketones (excluding diaryl/α,β-unsaturated/α-hetero) is 1. The van der Waals surface area contributed by atoms with Crippen LogP contribution in [0.25, 0.3) is 0 Å². The number of amides is 5. The van der Waals surface area contributed by atoms with Crippen LogP contribution in [0.3, 0.4) is 0 Å². The maximum atomic E-state index is 14.9. The van der Waals surface area contributed by atoms with Crippen molar-refractivity contribution in [2.75, 3.05) is 18.8 Å². The molecule has 3 aliphatic carbocycles. The number of hydrogen-bond donors (Lipinski definition) is 4. The van der Waals surface area contributed by atoms with E-state index in [2.05, 4.69) is 47.6 Å². The summed E-state index contributed by atoms with van der Waals surface area (Å²) in [5.41, 5.74) is -1.11. The van der Waals surface area contributed by atoms with Crippen LogP contribution in [0.15, 0.2) is 12.7 Å². The van der Waals surface area contributed by atoms with Crippen molar-refractivity contribution in [3.05, 3.63) is 12.7 Å². The van der Waals surface area contributed by atoms with Gasteiger partial charge in [-0.15, -0.1) is 18.9 Å². The summed E-state index contributed by atoms with van der Waals surface area (Å²) < 4.78 is 25.9. The van der Waals surface area contributed by atoms with Gasteiger partial charge in [-0.3, -0.25) is 19.2 Å². The fourth-order valence-corrected chi connectivity index (χ4v) is 10.6. The summed E-state index contributed by atoms with van der Waals surface area (Å²) in [7, 11) is -3.58. The van der Waals surface area contributed by atoms with Crippen LogP contribution in [0, 0.1) is 35.5 Å². The van der Waals surface area contributed by atoms with Crippen molar-refractivity contribution < 1.29 is 32.4 Å². The first-order valence-corrected chi connectivity index (χ1v) is 21.3. The van der Waals surface area contributed by atoms with Gasteiger partial charge in [-0.1, -0.05) is 58.4 Å². The summed E-state index contributed by atoms with van der Waals surface area (Å²) >= 11 is 0. The van der Waals surface area contributed by atoms with Gasteiger partial charge in [0, 0.05) is 19.5 Å². The van der Waals surface area contributed by atoms with Crippen molar-refractivity contribution in [3.63, 3.8) is 0 Å². The second kappa shape index (κ2) is 17.4. The summed E-state index contributed by atoms with van der Waals surface area (Å²) in [4.78, 5) is 70.8. The van der Waals surface area contributed by atoms with Gasteiger partial charge in [-0.25, -0.2) is 13.2 Å². The zero-order valence-corrected chi connectivity index (χ0v) is 33.4. The third-order valence-corrected chi connectivity index (χ3v) is 15.2. The molecule has 4 rings (SSSR count). The molecule has 5 atom stereocenters. The third kappa shape index (κ3) is 10.0. The number of hydrogen-bond acceptors (Lipinski definition) is 7. The van der Waals surface area contributed by atoms with Crippen molar-refractivity contribution in [1.29, 1.82) is 0 Å². The average Bonchev–Trinajstić information content (AvgIpc) is 3.64. The van der Waals surface area contributed by atoms with Crippen molar-refractivity contribution in [2.45, 2.75) is 153 Å². The molecule has 1 unspecified atom stereocenters. The Hall–Kier alpha value is -3.40. The second-order valence-corrected chi connectivity index (χ2v) is 20.3. The summed E-state index contributed by atoms with van der Waals surface area (Å²) in [5.74, 6) is -0.596. The minimum absolute atomic E-state index is 0.00638. The van der Waals surface area contributed by atoms with E-state index in [1.807, 2.05) is 0 Å². The normalized spacial score (nSPS) is 25.2. The zero-order valence-electron chi connectivity index (χ0n) is 32.6. The number of nitrogens with one attached hydrogen (secondary N) is 4. The third-order valence-electron chi connectivity index (χ3n) is 12.4. The topological polar surface area (TPSA) is 171 Å². The van der Waals surface area contributed by atoms with Gasteiger partial charge in [-0.2, -0.15) is 0 Å². The first-order valence-electron chi connectivity index (χ1n) is 19.6.